The molecule has 0 saturated carbocycles. The topological polar surface area (TPSA) is 103 Å². The Balaban J connectivity index is 1.78. The van der Waals surface area contributed by atoms with Gasteiger partial charge >= 0.3 is 0 Å². The molecule has 4 aromatic rings. The van der Waals surface area contributed by atoms with E-state index in [0.29, 0.717) is 32.4 Å². The molecule has 1 atom stereocenters. The molecule has 0 radical (unpaired) electrons. The predicted octanol–water partition coefficient (Wildman–Crippen LogP) is 5.20. The Morgan fingerprint density at radius 3 is 2.60 bits per heavy atom. The van der Waals surface area contributed by atoms with Crippen molar-refractivity contribution in [3.05, 3.63) is 71.2 Å². The van der Waals surface area contributed by atoms with Crippen molar-refractivity contribution in [3.63, 3.8) is 0 Å². The number of hydrogen-bond acceptors (Lipinski definition) is 6. The number of anilines is 1. The SMILES string of the molecule is CN=S(=O)(Nc1cc(SCc2ncn[nH]2)c(O)c2ccccc12)c1ccc(Br)cc1. The van der Waals surface area contributed by atoms with Crippen molar-refractivity contribution in [1.29, 1.82) is 0 Å². The molecule has 3 N–H and O–H groups in total. The number of H-pyrrole nitrogens is 1. The Kier molecular flexibility index (Phi) is 5.98. The molecule has 0 aliphatic rings. The summed E-state index contributed by atoms with van der Waals surface area (Å²) in [5.74, 6) is 1.37. The highest BCUT2D eigenvalue weighted by molar-refractivity contribution is 9.10. The maximum absolute atomic E-state index is 13.6. The van der Waals surface area contributed by atoms with E-state index < -0.39 is 9.92 Å². The summed E-state index contributed by atoms with van der Waals surface area (Å²) in [5.41, 5.74) is 0.627. The van der Waals surface area contributed by atoms with Gasteiger partial charge in [0.15, 0.2) is 9.92 Å². The Bertz CT molecular complexity index is 1300. The number of aromatic amines is 1. The zero-order valence-corrected chi connectivity index (χ0v) is 19.1. The van der Waals surface area contributed by atoms with Crippen LogP contribution in [-0.2, 0) is 15.7 Å². The van der Waals surface area contributed by atoms with Crippen molar-refractivity contribution in [3.8, 4) is 5.75 Å². The second kappa shape index (κ2) is 8.66. The van der Waals surface area contributed by atoms with Gasteiger partial charge in [0, 0.05) is 22.3 Å². The lowest BCUT2D eigenvalue weighted by Gasteiger charge is -2.17. The van der Waals surface area contributed by atoms with Gasteiger partial charge < -0.3 is 5.11 Å². The number of hydrogen-bond donors (Lipinski definition) is 3. The van der Waals surface area contributed by atoms with Gasteiger partial charge in [-0.3, -0.25) is 9.82 Å². The van der Waals surface area contributed by atoms with E-state index in [2.05, 4.69) is 40.2 Å². The molecule has 30 heavy (non-hydrogen) atoms. The van der Waals surface area contributed by atoms with Crippen molar-refractivity contribution in [2.75, 3.05) is 11.8 Å². The third-order valence-corrected chi connectivity index (χ3v) is 7.94. The van der Waals surface area contributed by atoms with Gasteiger partial charge in [-0.1, -0.05) is 40.2 Å². The third kappa shape index (κ3) is 4.16. The second-order valence-corrected chi connectivity index (χ2v) is 10.3. The minimum absolute atomic E-state index is 0.171. The smallest absolute Gasteiger partial charge is 0.158 e. The predicted molar refractivity (Wildman–Crippen MR) is 124 cm³/mol. The van der Waals surface area contributed by atoms with E-state index in [9.17, 15) is 9.32 Å². The van der Waals surface area contributed by atoms with Gasteiger partial charge in [-0.2, -0.15) is 5.10 Å². The van der Waals surface area contributed by atoms with Crippen molar-refractivity contribution < 1.29 is 9.32 Å². The fraction of sp³-hybridized carbons (Fsp3) is 0.100. The van der Waals surface area contributed by atoms with Crippen LogP contribution >= 0.6 is 27.7 Å². The van der Waals surface area contributed by atoms with Gasteiger partial charge in [0.1, 0.15) is 17.9 Å². The van der Waals surface area contributed by atoms with Crippen LogP contribution in [0.2, 0.25) is 0 Å². The molecule has 0 spiro atoms. The lowest BCUT2D eigenvalue weighted by atomic mass is 10.1. The molecule has 1 aromatic heterocycles. The van der Waals surface area contributed by atoms with Crippen LogP contribution in [0, 0.1) is 0 Å². The number of nitrogens with one attached hydrogen (secondary N) is 2. The molecule has 0 aliphatic carbocycles. The quantitative estimate of drug-likeness (QED) is 0.247. The molecule has 1 heterocycles. The number of rotatable bonds is 6. The summed E-state index contributed by atoms with van der Waals surface area (Å²) in [5, 5.41) is 18.9. The van der Waals surface area contributed by atoms with Crippen LogP contribution in [0.25, 0.3) is 10.8 Å². The summed E-state index contributed by atoms with van der Waals surface area (Å²) >= 11 is 4.81. The number of halogens is 1. The van der Waals surface area contributed by atoms with Gasteiger partial charge in [0.25, 0.3) is 0 Å². The summed E-state index contributed by atoms with van der Waals surface area (Å²) in [7, 11) is -1.39. The fourth-order valence-electron chi connectivity index (χ4n) is 2.95. The van der Waals surface area contributed by atoms with Gasteiger partial charge in [-0.05, 0) is 30.3 Å². The van der Waals surface area contributed by atoms with Crippen LogP contribution in [0.3, 0.4) is 0 Å². The molecule has 154 valence electrons. The summed E-state index contributed by atoms with van der Waals surface area (Å²) in [6.45, 7) is 0. The minimum atomic E-state index is -2.92. The fourth-order valence-corrected chi connectivity index (χ4v) is 5.49. The summed E-state index contributed by atoms with van der Waals surface area (Å²) in [6, 6.07) is 16.4. The van der Waals surface area contributed by atoms with Gasteiger partial charge in [-0.25, -0.2) is 13.6 Å². The molecule has 0 amide bonds. The Morgan fingerprint density at radius 1 is 1.20 bits per heavy atom. The number of aromatic nitrogens is 3. The van der Waals surface area contributed by atoms with E-state index >= 15 is 0 Å². The molecule has 0 saturated heterocycles. The maximum Gasteiger partial charge on any atom is 0.158 e. The van der Waals surface area contributed by atoms with E-state index in [1.165, 1.54) is 25.1 Å². The molecule has 0 bridgehead atoms. The van der Waals surface area contributed by atoms with Gasteiger partial charge in [0.05, 0.1) is 21.2 Å². The van der Waals surface area contributed by atoms with Crippen LogP contribution in [0.5, 0.6) is 5.75 Å². The lowest BCUT2D eigenvalue weighted by molar-refractivity contribution is 0.469. The minimum Gasteiger partial charge on any atom is -0.506 e. The largest absolute Gasteiger partial charge is 0.506 e. The van der Waals surface area contributed by atoms with Crippen molar-refractivity contribution >= 4 is 54.1 Å². The number of phenols is 1. The number of fused-ring (bicyclic) bond motifs is 1. The van der Waals surface area contributed by atoms with Crippen LogP contribution < -0.4 is 4.72 Å². The average molecular weight is 504 g/mol. The summed E-state index contributed by atoms with van der Waals surface area (Å²) in [4.78, 5) is 5.33. The highest BCUT2D eigenvalue weighted by Gasteiger charge is 2.17. The standard InChI is InChI=1S/C20H18BrN5O2S2/c1-22-30(28,14-8-6-13(21)7-9-14)26-17-10-18(29-11-19-23-12-24-25-19)20(27)16-5-3-2-4-15(16)17/h2-10,12,27H,11H2,1H3,(H,22,26,28)(H,23,24,25). The summed E-state index contributed by atoms with van der Waals surface area (Å²) in [6.07, 6.45) is 1.44. The Morgan fingerprint density at radius 2 is 1.93 bits per heavy atom. The Labute approximate surface area is 186 Å². The van der Waals surface area contributed by atoms with E-state index in [1.807, 2.05) is 36.4 Å². The van der Waals surface area contributed by atoms with E-state index in [1.54, 1.807) is 18.2 Å². The van der Waals surface area contributed by atoms with Gasteiger partial charge in [-0.15, -0.1) is 11.8 Å². The zero-order chi connectivity index (χ0) is 21.1. The molecular formula is C20H18BrN5O2S2. The van der Waals surface area contributed by atoms with Crippen molar-refractivity contribution in [1.82, 2.24) is 15.2 Å². The lowest BCUT2D eigenvalue weighted by Crippen LogP contribution is -2.13. The normalized spacial score (nSPS) is 13.1. The summed E-state index contributed by atoms with van der Waals surface area (Å²) < 4.78 is 21.8. The monoisotopic (exact) mass is 503 g/mol. The molecular weight excluding hydrogens is 486 g/mol. The van der Waals surface area contributed by atoms with E-state index in [0.717, 1.165) is 9.86 Å². The zero-order valence-electron chi connectivity index (χ0n) is 15.9. The van der Waals surface area contributed by atoms with Crippen molar-refractivity contribution in [2.24, 2.45) is 4.36 Å². The van der Waals surface area contributed by atoms with Crippen LogP contribution in [0.15, 0.2) is 79.6 Å². The first-order valence-electron chi connectivity index (χ1n) is 8.90. The van der Waals surface area contributed by atoms with Crippen LogP contribution in [-0.4, -0.2) is 31.5 Å². The highest BCUT2D eigenvalue weighted by Crippen LogP contribution is 2.41. The Hall–Kier alpha value is -2.56. The molecule has 7 nitrogen and oxygen atoms in total. The first-order chi connectivity index (χ1) is 14.5. The maximum atomic E-state index is 13.6. The van der Waals surface area contributed by atoms with Crippen molar-refractivity contribution in [2.45, 2.75) is 15.5 Å². The average Bonchev–Trinajstić information content (AvgIpc) is 3.29. The number of nitrogens with zero attached hydrogens (tertiary/aromatic N) is 3. The number of thioether (sulfide) groups is 1. The highest BCUT2D eigenvalue weighted by atomic mass is 79.9. The van der Waals surface area contributed by atoms with Crippen LogP contribution in [0.1, 0.15) is 5.82 Å². The first kappa shape index (κ1) is 20.7. The van der Waals surface area contributed by atoms with E-state index in [-0.39, 0.29) is 5.75 Å². The molecule has 10 heteroatoms. The first-order valence-corrected chi connectivity index (χ1v) is 12.2. The second-order valence-electron chi connectivity index (χ2n) is 6.30. The molecule has 4 rings (SSSR count). The molecule has 1 unspecified atom stereocenters. The number of phenolic OH excluding ortho intramolecular Hbond substituents is 1. The molecule has 3 aromatic carbocycles. The van der Waals surface area contributed by atoms with Crippen LogP contribution in [0.4, 0.5) is 5.69 Å². The van der Waals surface area contributed by atoms with Gasteiger partial charge in [0.2, 0.25) is 0 Å². The van der Waals surface area contributed by atoms with E-state index in [4.69, 9.17) is 0 Å². The molecule has 0 fully saturated rings. The number of aromatic hydroxyl groups is 1. The third-order valence-electron chi connectivity index (χ3n) is 4.45. The number of benzene rings is 3. The molecule has 0 aliphatic heterocycles.